The topological polar surface area (TPSA) is 51.2 Å². The zero-order valence-electron chi connectivity index (χ0n) is 13.2. The molecule has 1 aromatic heterocycles. The van der Waals surface area contributed by atoms with Crippen molar-refractivity contribution in [3.05, 3.63) is 64.0 Å². The van der Waals surface area contributed by atoms with Crippen LogP contribution in [0.4, 0.5) is 5.13 Å². The molecule has 3 rings (SSSR count). The Balaban J connectivity index is 1.80. The van der Waals surface area contributed by atoms with Gasteiger partial charge in [0.2, 0.25) is 0 Å². The number of benzene rings is 2. The summed E-state index contributed by atoms with van der Waals surface area (Å²) >= 11 is 7.41. The van der Waals surface area contributed by atoms with Gasteiger partial charge in [-0.1, -0.05) is 23.7 Å². The van der Waals surface area contributed by atoms with E-state index >= 15 is 0 Å². The summed E-state index contributed by atoms with van der Waals surface area (Å²) in [5.41, 5.74) is 3.24. The van der Waals surface area contributed by atoms with Crippen LogP contribution < -0.4 is 10.1 Å². The molecule has 1 amide bonds. The third-order valence-corrected chi connectivity index (χ3v) is 4.62. The minimum atomic E-state index is -0.271. The number of halogens is 1. The number of aryl methyl sites for hydroxylation is 1. The van der Waals surface area contributed by atoms with Crippen LogP contribution in [0.1, 0.15) is 15.9 Å². The molecule has 0 saturated heterocycles. The summed E-state index contributed by atoms with van der Waals surface area (Å²) in [6.07, 6.45) is 0. The van der Waals surface area contributed by atoms with Crippen molar-refractivity contribution >= 4 is 34.0 Å². The summed E-state index contributed by atoms with van der Waals surface area (Å²) in [5.74, 6) is 0.564. The molecule has 0 bridgehead atoms. The lowest BCUT2D eigenvalue weighted by molar-refractivity contribution is 0.102. The number of anilines is 1. The average Bonchev–Trinajstić information content (AvgIpc) is 3.03. The van der Waals surface area contributed by atoms with Crippen LogP contribution in [0.2, 0.25) is 5.02 Å². The van der Waals surface area contributed by atoms with Crippen LogP contribution >= 0.6 is 22.9 Å². The van der Waals surface area contributed by atoms with Gasteiger partial charge in [0.05, 0.1) is 23.4 Å². The number of amides is 1. The van der Waals surface area contributed by atoms with E-state index in [4.69, 9.17) is 16.3 Å². The van der Waals surface area contributed by atoms with Crippen molar-refractivity contribution in [3.63, 3.8) is 0 Å². The first kappa shape index (κ1) is 16.5. The molecular formula is C18H15ClN2O2S. The van der Waals surface area contributed by atoms with Gasteiger partial charge in [0, 0.05) is 10.9 Å². The summed E-state index contributed by atoms with van der Waals surface area (Å²) in [5, 5.41) is 5.64. The Morgan fingerprint density at radius 3 is 2.75 bits per heavy atom. The second-order valence-corrected chi connectivity index (χ2v) is 6.42. The molecule has 0 unspecified atom stereocenters. The molecule has 0 aliphatic heterocycles. The van der Waals surface area contributed by atoms with Gasteiger partial charge in [-0.05, 0) is 42.8 Å². The van der Waals surface area contributed by atoms with Gasteiger partial charge < -0.3 is 4.74 Å². The number of carbonyl (C=O) groups is 1. The molecule has 0 fully saturated rings. The smallest absolute Gasteiger partial charge is 0.258 e. The number of hydrogen-bond acceptors (Lipinski definition) is 4. The normalized spacial score (nSPS) is 10.5. The van der Waals surface area contributed by atoms with Crippen LogP contribution in [-0.4, -0.2) is 18.0 Å². The molecule has 0 aliphatic rings. The van der Waals surface area contributed by atoms with Gasteiger partial charge in [0.15, 0.2) is 5.13 Å². The van der Waals surface area contributed by atoms with E-state index < -0.39 is 0 Å². The standard InChI is InChI=1S/C18H15ClN2O2S/c1-11-9-12(7-8-16(11)23-2)15-10-24-18(20-15)21-17(22)13-5-3-4-6-14(13)19/h3-10H,1-2H3,(H,20,21,22). The highest BCUT2D eigenvalue weighted by Crippen LogP contribution is 2.29. The Bertz CT molecular complexity index is 892. The summed E-state index contributed by atoms with van der Waals surface area (Å²) in [7, 11) is 1.65. The number of nitrogens with zero attached hydrogens (tertiary/aromatic N) is 1. The van der Waals surface area contributed by atoms with Gasteiger partial charge in [-0.15, -0.1) is 11.3 Å². The Hall–Kier alpha value is -2.37. The number of methoxy groups -OCH3 is 1. The summed E-state index contributed by atoms with van der Waals surface area (Å²) < 4.78 is 5.27. The van der Waals surface area contributed by atoms with E-state index in [1.54, 1.807) is 31.4 Å². The fraction of sp³-hybridized carbons (Fsp3) is 0.111. The fourth-order valence-corrected chi connectivity index (χ4v) is 3.25. The number of carbonyl (C=O) groups excluding carboxylic acids is 1. The first-order valence-corrected chi connectivity index (χ1v) is 8.50. The molecule has 0 spiro atoms. The zero-order valence-corrected chi connectivity index (χ0v) is 14.7. The largest absolute Gasteiger partial charge is 0.496 e. The van der Waals surface area contributed by atoms with Gasteiger partial charge in [-0.2, -0.15) is 0 Å². The molecule has 0 radical (unpaired) electrons. The summed E-state index contributed by atoms with van der Waals surface area (Å²) in [6.45, 7) is 1.98. The number of aromatic nitrogens is 1. The molecule has 2 aromatic carbocycles. The van der Waals surface area contributed by atoms with E-state index in [0.29, 0.717) is 15.7 Å². The maximum Gasteiger partial charge on any atom is 0.258 e. The fourth-order valence-electron chi connectivity index (χ4n) is 2.31. The highest BCUT2D eigenvalue weighted by Gasteiger charge is 2.13. The number of thiazole rings is 1. The van der Waals surface area contributed by atoms with E-state index in [1.807, 2.05) is 30.5 Å². The SMILES string of the molecule is COc1ccc(-c2csc(NC(=O)c3ccccc3Cl)n2)cc1C. The van der Waals surface area contributed by atoms with E-state index in [9.17, 15) is 4.79 Å². The van der Waals surface area contributed by atoms with Crippen LogP contribution in [0.15, 0.2) is 47.8 Å². The highest BCUT2D eigenvalue weighted by molar-refractivity contribution is 7.14. The minimum Gasteiger partial charge on any atom is -0.496 e. The van der Waals surface area contributed by atoms with Crippen molar-refractivity contribution in [1.82, 2.24) is 4.98 Å². The van der Waals surface area contributed by atoms with Crippen LogP contribution in [0, 0.1) is 6.92 Å². The Morgan fingerprint density at radius 1 is 1.25 bits per heavy atom. The zero-order chi connectivity index (χ0) is 17.1. The van der Waals surface area contributed by atoms with Crippen molar-refractivity contribution in [3.8, 4) is 17.0 Å². The minimum absolute atomic E-state index is 0.271. The van der Waals surface area contributed by atoms with Crippen molar-refractivity contribution in [2.24, 2.45) is 0 Å². The second-order valence-electron chi connectivity index (χ2n) is 5.16. The van der Waals surface area contributed by atoms with Gasteiger partial charge in [0.1, 0.15) is 5.75 Å². The lowest BCUT2D eigenvalue weighted by Gasteiger charge is -2.06. The summed E-state index contributed by atoms with van der Waals surface area (Å²) in [6, 6.07) is 12.8. The van der Waals surface area contributed by atoms with Crippen LogP contribution in [0.5, 0.6) is 5.75 Å². The van der Waals surface area contributed by atoms with E-state index in [-0.39, 0.29) is 5.91 Å². The predicted molar refractivity (Wildman–Crippen MR) is 98.2 cm³/mol. The molecule has 0 aliphatic carbocycles. The molecule has 1 N–H and O–H groups in total. The molecule has 6 heteroatoms. The highest BCUT2D eigenvalue weighted by atomic mass is 35.5. The Kier molecular flexibility index (Phi) is 4.83. The lowest BCUT2D eigenvalue weighted by atomic mass is 10.1. The lowest BCUT2D eigenvalue weighted by Crippen LogP contribution is -2.12. The van der Waals surface area contributed by atoms with E-state index in [1.165, 1.54) is 11.3 Å². The van der Waals surface area contributed by atoms with Crippen LogP contribution in [-0.2, 0) is 0 Å². The molecule has 0 saturated carbocycles. The first-order chi connectivity index (χ1) is 11.6. The quantitative estimate of drug-likeness (QED) is 0.711. The third-order valence-electron chi connectivity index (χ3n) is 3.53. The Morgan fingerprint density at radius 2 is 2.04 bits per heavy atom. The molecule has 122 valence electrons. The van der Waals surface area contributed by atoms with Crippen molar-refractivity contribution in [2.75, 3.05) is 12.4 Å². The number of rotatable bonds is 4. The van der Waals surface area contributed by atoms with Crippen LogP contribution in [0.25, 0.3) is 11.3 Å². The van der Waals surface area contributed by atoms with Gasteiger partial charge in [0.25, 0.3) is 5.91 Å². The monoisotopic (exact) mass is 358 g/mol. The second kappa shape index (κ2) is 7.03. The average molecular weight is 359 g/mol. The van der Waals surface area contributed by atoms with Gasteiger partial charge in [-0.25, -0.2) is 4.98 Å². The third kappa shape index (κ3) is 3.42. The van der Waals surface area contributed by atoms with E-state index in [0.717, 1.165) is 22.6 Å². The van der Waals surface area contributed by atoms with Gasteiger partial charge >= 0.3 is 0 Å². The van der Waals surface area contributed by atoms with Crippen LogP contribution in [0.3, 0.4) is 0 Å². The molecule has 1 heterocycles. The molecule has 4 nitrogen and oxygen atoms in total. The number of ether oxygens (including phenoxy) is 1. The van der Waals surface area contributed by atoms with Crippen molar-refractivity contribution in [1.29, 1.82) is 0 Å². The molecular weight excluding hydrogens is 344 g/mol. The number of hydrogen-bond donors (Lipinski definition) is 1. The predicted octanol–water partition coefficient (Wildman–Crippen LogP) is 5.03. The molecule has 3 aromatic rings. The van der Waals surface area contributed by atoms with Crippen molar-refractivity contribution in [2.45, 2.75) is 6.92 Å². The molecule has 24 heavy (non-hydrogen) atoms. The van der Waals surface area contributed by atoms with Gasteiger partial charge in [-0.3, -0.25) is 10.1 Å². The Labute approximate surface area is 149 Å². The maximum atomic E-state index is 12.3. The van der Waals surface area contributed by atoms with E-state index in [2.05, 4.69) is 10.3 Å². The van der Waals surface area contributed by atoms with Crippen molar-refractivity contribution < 1.29 is 9.53 Å². The molecule has 0 atom stereocenters. The first-order valence-electron chi connectivity index (χ1n) is 7.25. The summed E-state index contributed by atoms with van der Waals surface area (Å²) in [4.78, 5) is 16.7. The number of nitrogens with one attached hydrogen (secondary N) is 1. The maximum absolute atomic E-state index is 12.3.